The zero-order valence-corrected chi connectivity index (χ0v) is 10.6. The predicted molar refractivity (Wildman–Crippen MR) is 75.0 cm³/mol. The minimum absolute atomic E-state index is 0.0346. The van der Waals surface area contributed by atoms with Gasteiger partial charge in [-0.25, -0.2) is 9.97 Å². The van der Waals surface area contributed by atoms with Gasteiger partial charge in [-0.2, -0.15) is 0 Å². The first-order valence-electron chi connectivity index (χ1n) is 5.66. The molecule has 0 spiro atoms. The van der Waals surface area contributed by atoms with E-state index in [4.69, 9.17) is 11.1 Å². The van der Waals surface area contributed by atoms with Gasteiger partial charge in [-0.05, 0) is 12.1 Å². The quantitative estimate of drug-likeness (QED) is 0.438. The van der Waals surface area contributed by atoms with Crippen molar-refractivity contribution in [3.63, 3.8) is 0 Å². The topological polar surface area (TPSA) is 131 Å². The summed E-state index contributed by atoms with van der Waals surface area (Å²) in [6.45, 7) is 0. The monoisotopic (exact) mass is 272 g/mol. The number of nitrogens with zero attached hydrogens (tertiary/aromatic N) is 3. The molecule has 0 atom stereocenters. The lowest BCUT2D eigenvalue weighted by molar-refractivity contribution is -0.384. The number of nitro benzene ring substituents is 1. The molecule has 0 bridgehead atoms. The Bertz CT molecular complexity index is 668. The Morgan fingerprint density at radius 1 is 1.35 bits per heavy atom. The minimum Gasteiger partial charge on any atom is -0.383 e. The summed E-state index contributed by atoms with van der Waals surface area (Å²) in [6, 6.07) is 5.66. The molecule has 8 heteroatoms. The Balaban J connectivity index is 2.44. The van der Waals surface area contributed by atoms with Crippen LogP contribution in [-0.4, -0.2) is 27.7 Å². The van der Waals surface area contributed by atoms with Gasteiger partial charge in [0.1, 0.15) is 18.0 Å². The van der Waals surface area contributed by atoms with E-state index in [0.29, 0.717) is 16.9 Å². The highest BCUT2D eigenvalue weighted by Crippen LogP contribution is 2.22. The molecule has 0 unspecified atom stereocenters. The number of rotatable bonds is 4. The van der Waals surface area contributed by atoms with Crippen molar-refractivity contribution < 1.29 is 4.92 Å². The summed E-state index contributed by atoms with van der Waals surface area (Å²) in [5.74, 6) is 0.605. The lowest BCUT2D eigenvalue weighted by Gasteiger charge is -2.11. The molecule has 0 fully saturated rings. The molecule has 0 aliphatic carbocycles. The zero-order chi connectivity index (χ0) is 14.7. The van der Waals surface area contributed by atoms with Crippen molar-refractivity contribution >= 4 is 23.0 Å². The Hall–Kier alpha value is -3.03. The van der Waals surface area contributed by atoms with Gasteiger partial charge in [-0.1, -0.05) is 0 Å². The molecule has 0 radical (unpaired) electrons. The van der Waals surface area contributed by atoms with Crippen LogP contribution in [0.25, 0.3) is 0 Å². The number of nitro groups is 1. The van der Waals surface area contributed by atoms with Gasteiger partial charge in [-0.15, -0.1) is 0 Å². The van der Waals surface area contributed by atoms with Crippen molar-refractivity contribution in [1.29, 1.82) is 5.41 Å². The fourth-order valence-electron chi connectivity index (χ4n) is 1.73. The summed E-state index contributed by atoms with van der Waals surface area (Å²) in [5, 5.41) is 21.6. The number of nitrogens with one attached hydrogen (secondary N) is 2. The molecule has 2 aromatic rings. The van der Waals surface area contributed by atoms with Crippen LogP contribution < -0.4 is 11.1 Å². The van der Waals surface area contributed by atoms with Gasteiger partial charge in [0.2, 0.25) is 0 Å². The van der Waals surface area contributed by atoms with E-state index in [1.165, 1.54) is 30.6 Å². The third-order valence-corrected chi connectivity index (χ3v) is 2.73. The Labute approximate surface area is 114 Å². The molecule has 2 rings (SSSR count). The van der Waals surface area contributed by atoms with E-state index in [2.05, 4.69) is 15.3 Å². The van der Waals surface area contributed by atoms with Crippen LogP contribution in [0.4, 0.5) is 17.3 Å². The first-order valence-corrected chi connectivity index (χ1v) is 5.66. The standard InChI is InChI=1S/C12H12N6O2/c1-15-12-9(11(14)16-6-17-12)10(13)7-2-4-8(5-3-7)18(19)20/h2-6,13H,1H3,(H3,14,15,16,17). The van der Waals surface area contributed by atoms with Crippen LogP contribution in [0.2, 0.25) is 0 Å². The lowest BCUT2D eigenvalue weighted by Crippen LogP contribution is -2.12. The summed E-state index contributed by atoms with van der Waals surface area (Å²) in [6.07, 6.45) is 1.30. The summed E-state index contributed by atoms with van der Waals surface area (Å²) in [5.41, 5.74) is 6.70. The molecule has 4 N–H and O–H groups in total. The van der Waals surface area contributed by atoms with Crippen molar-refractivity contribution in [3.8, 4) is 0 Å². The van der Waals surface area contributed by atoms with Crippen LogP contribution in [0.1, 0.15) is 11.1 Å². The van der Waals surface area contributed by atoms with E-state index >= 15 is 0 Å². The first-order chi connectivity index (χ1) is 9.54. The number of benzene rings is 1. The van der Waals surface area contributed by atoms with Crippen LogP contribution in [-0.2, 0) is 0 Å². The molecule has 1 aromatic carbocycles. The third kappa shape index (κ3) is 2.39. The molecule has 1 aromatic heterocycles. The van der Waals surface area contributed by atoms with E-state index < -0.39 is 4.92 Å². The molecular formula is C12H12N6O2. The molecule has 8 nitrogen and oxygen atoms in total. The maximum atomic E-state index is 10.6. The summed E-state index contributed by atoms with van der Waals surface area (Å²) in [4.78, 5) is 18.0. The largest absolute Gasteiger partial charge is 0.383 e. The normalized spacial score (nSPS) is 10.1. The van der Waals surface area contributed by atoms with Crippen molar-refractivity contribution in [2.24, 2.45) is 0 Å². The van der Waals surface area contributed by atoms with Crippen molar-refractivity contribution in [3.05, 3.63) is 51.8 Å². The average Bonchev–Trinajstić information content (AvgIpc) is 2.46. The summed E-state index contributed by atoms with van der Waals surface area (Å²) >= 11 is 0. The van der Waals surface area contributed by atoms with Gasteiger partial charge in [0.05, 0.1) is 16.2 Å². The molecule has 1 heterocycles. The number of nitrogens with two attached hydrogens (primary N) is 1. The van der Waals surface area contributed by atoms with Gasteiger partial charge >= 0.3 is 0 Å². The van der Waals surface area contributed by atoms with Gasteiger partial charge in [0.25, 0.3) is 5.69 Å². The molecule has 0 aliphatic heterocycles. The highest BCUT2D eigenvalue weighted by Gasteiger charge is 2.16. The maximum Gasteiger partial charge on any atom is 0.269 e. The first kappa shape index (κ1) is 13.4. The highest BCUT2D eigenvalue weighted by molar-refractivity contribution is 6.16. The summed E-state index contributed by atoms with van der Waals surface area (Å²) in [7, 11) is 1.66. The van der Waals surface area contributed by atoms with Crippen LogP contribution >= 0.6 is 0 Å². The van der Waals surface area contributed by atoms with Crippen LogP contribution in [0.5, 0.6) is 0 Å². The lowest BCUT2D eigenvalue weighted by atomic mass is 10.0. The Kier molecular flexibility index (Phi) is 3.56. The molecule has 0 amide bonds. The van der Waals surface area contributed by atoms with Crippen molar-refractivity contribution in [1.82, 2.24) is 9.97 Å². The smallest absolute Gasteiger partial charge is 0.269 e. The summed E-state index contributed by atoms with van der Waals surface area (Å²) < 4.78 is 0. The zero-order valence-electron chi connectivity index (χ0n) is 10.6. The fraction of sp³-hybridized carbons (Fsp3) is 0.0833. The molecule has 102 valence electrons. The second-order valence-electron chi connectivity index (χ2n) is 3.91. The van der Waals surface area contributed by atoms with Crippen molar-refractivity contribution in [2.45, 2.75) is 0 Å². The van der Waals surface area contributed by atoms with Crippen LogP contribution in [0.15, 0.2) is 30.6 Å². The average molecular weight is 272 g/mol. The minimum atomic E-state index is -0.494. The molecule has 0 saturated carbocycles. The second-order valence-corrected chi connectivity index (χ2v) is 3.91. The molecule has 0 aliphatic rings. The number of nitrogen functional groups attached to an aromatic ring is 1. The van der Waals surface area contributed by atoms with E-state index in [-0.39, 0.29) is 17.2 Å². The maximum absolute atomic E-state index is 10.6. The predicted octanol–water partition coefficient (Wildman–Crippen LogP) is 1.42. The van der Waals surface area contributed by atoms with Gasteiger partial charge in [-0.3, -0.25) is 15.5 Å². The van der Waals surface area contributed by atoms with E-state index in [1.54, 1.807) is 7.05 Å². The number of hydrogen-bond acceptors (Lipinski definition) is 7. The van der Waals surface area contributed by atoms with Gasteiger partial charge < -0.3 is 11.1 Å². The second kappa shape index (κ2) is 5.31. The third-order valence-electron chi connectivity index (χ3n) is 2.73. The molecule has 20 heavy (non-hydrogen) atoms. The highest BCUT2D eigenvalue weighted by atomic mass is 16.6. The molecule has 0 saturated heterocycles. The number of hydrogen-bond donors (Lipinski definition) is 3. The fourth-order valence-corrected chi connectivity index (χ4v) is 1.73. The van der Waals surface area contributed by atoms with Gasteiger partial charge in [0, 0.05) is 24.7 Å². The number of anilines is 2. The van der Waals surface area contributed by atoms with Gasteiger partial charge in [0.15, 0.2) is 0 Å². The molecular weight excluding hydrogens is 260 g/mol. The number of aromatic nitrogens is 2. The Morgan fingerprint density at radius 3 is 2.55 bits per heavy atom. The van der Waals surface area contributed by atoms with Crippen LogP contribution in [0.3, 0.4) is 0 Å². The van der Waals surface area contributed by atoms with Crippen molar-refractivity contribution in [2.75, 3.05) is 18.1 Å². The van der Waals surface area contributed by atoms with E-state index in [0.717, 1.165) is 0 Å². The SMILES string of the molecule is CNc1ncnc(N)c1C(=N)c1ccc([N+](=O)[O-])cc1. The van der Waals surface area contributed by atoms with E-state index in [1.807, 2.05) is 0 Å². The van der Waals surface area contributed by atoms with Crippen LogP contribution in [0, 0.1) is 15.5 Å². The van der Waals surface area contributed by atoms with E-state index in [9.17, 15) is 10.1 Å². The number of non-ortho nitro benzene ring substituents is 1. The Morgan fingerprint density at radius 2 is 2.00 bits per heavy atom.